The van der Waals surface area contributed by atoms with Crippen molar-refractivity contribution in [2.24, 2.45) is 11.8 Å². The fourth-order valence-corrected chi connectivity index (χ4v) is 2.58. The minimum atomic E-state index is -3.84. The molecular weight excluding hydrogens is 274 g/mol. The highest BCUT2D eigenvalue weighted by atomic mass is 35.7. The molecule has 0 saturated carbocycles. The molecule has 1 heterocycles. The highest BCUT2D eigenvalue weighted by molar-refractivity contribution is 8.13. The molecule has 7 heteroatoms. The van der Waals surface area contributed by atoms with Gasteiger partial charge in [0.15, 0.2) is 0 Å². The maximum absolute atomic E-state index is 11.4. The average Bonchev–Trinajstić information content (AvgIpc) is 2.60. The molecule has 1 atom stereocenters. The van der Waals surface area contributed by atoms with E-state index in [4.69, 9.17) is 10.7 Å². The predicted molar refractivity (Wildman–Crippen MR) is 71.1 cm³/mol. The van der Waals surface area contributed by atoms with Crippen LogP contribution < -0.4 is 0 Å². The first-order chi connectivity index (χ1) is 8.25. The molecule has 1 unspecified atom stereocenters. The number of hydrogen-bond acceptors (Lipinski definition) is 4. The van der Waals surface area contributed by atoms with Crippen molar-refractivity contribution in [2.75, 3.05) is 0 Å². The van der Waals surface area contributed by atoms with Crippen molar-refractivity contribution in [1.82, 2.24) is 14.8 Å². The molecule has 0 aliphatic carbocycles. The predicted octanol–water partition coefficient (Wildman–Crippen LogP) is 2.45. The van der Waals surface area contributed by atoms with E-state index in [9.17, 15) is 8.42 Å². The monoisotopic (exact) mass is 293 g/mol. The van der Waals surface area contributed by atoms with Gasteiger partial charge in [-0.3, -0.25) is 0 Å². The summed E-state index contributed by atoms with van der Waals surface area (Å²) < 4.78 is 24.5. The van der Waals surface area contributed by atoms with Crippen LogP contribution >= 0.6 is 10.7 Å². The van der Waals surface area contributed by atoms with Crippen LogP contribution in [0.4, 0.5) is 0 Å². The fraction of sp³-hybridized carbons (Fsp3) is 0.818. The average molecular weight is 294 g/mol. The molecule has 18 heavy (non-hydrogen) atoms. The van der Waals surface area contributed by atoms with Crippen LogP contribution in [0, 0.1) is 11.8 Å². The summed E-state index contributed by atoms with van der Waals surface area (Å²) in [5, 5.41) is 7.55. The Morgan fingerprint density at radius 1 is 1.28 bits per heavy atom. The molecule has 0 saturated heterocycles. The highest BCUT2D eigenvalue weighted by Crippen LogP contribution is 2.18. The Hall–Kier alpha value is -0.620. The Kier molecular flexibility index (Phi) is 5.16. The highest BCUT2D eigenvalue weighted by Gasteiger charge is 2.23. The molecule has 0 fully saturated rings. The van der Waals surface area contributed by atoms with Gasteiger partial charge < -0.3 is 4.57 Å². The van der Waals surface area contributed by atoms with Crippen molar-refractivity contribution >= 4 is 19.7 Å². The largest absolute Gasteiger partial charge is 0.301 e. The second-order valence-corrected chi connectivity index (χ2v) is 7.52. The molecule has 0 spiro atoms. The van der Waals surface area contributed by atoms with Gasteiger partial charge in [0.25, 0.3) is 14.2 Å². The Morgan fingerprint density at radius 3 is 2.33 bits per heavy atom. The maximum Gasteiger partial charge on any atom is 0.296 e. The van der Waals surface area contributed by atoms with Crippen LogP contribution in [-0.2, 0) is 22.0 Å². The number of hydrogen-bond donors (Lipinski definition) is 0. The van der Waals surface area contributed by atoms with Crippen LogP contribution in [0.1, 0.15) is 39.9 Å². The molecule has 0 N–H and O–H groups in total. The molecular formula is C11H20ClN3O2S. The second kappa shape index (κ2) is 6.02. The Morgan fingerprint density at radius 2 is 1.89 bits per heavy atom. The van der Waals surface area contributed by atoms with Gasteiger partial charge in [-0.15, -0.1) is 10.2 Å². The fourth-order valence-electron chi connectivity index (χ4n) is 1.65. The van der Waals surface area contributed by atoms with Crippen LogP contribution in [0.5, 0.6) is 0 Å². The number of rotatable bonds is 6. The van der Waals surface area contributed by atoms with Gasteiger partial charge >= 0.3 is 0 Å². The van der Waals surface area contributed by atoms with E-state index in [1.807, 2.05) is 13.8 Å². The van der Waals surface area contributed by atoms with E-state index in [0.29, 0.717) is 30.6 Å². The summed E-state index contributed by atoms with van der Waals surface area (Å²) in [6.07, 6.45) is 1.72. The molecule has 0 aliphatic rings. The van der Waals surface area contributed by atoms with Crippen LogP contribution in [0.2, 0.25) is 0 Å². The summed E-state index contributed by atoms with van der Waals surface area (Å²) in [7, 11) is 1.54. The van der Waals surface area contributed by atoms with E-state index in [0.717, 1.165) is 6.42 Å². The molecule has 1 rings (SSSR count). The minimum Gasteiger partial charge on any atom is -0.301 e. The van der Waals surface area contributed by atoms with Crippen LogP contribution in [0.3, 0.4) is 0 Å². The summed E-state index contributed by atoms with van der Waals surface area (Å²) in [6, 6.07) is 0. The van der Waals surface area contributed by atoms with Crippen molar-refractivity contribution in [3.63, 3.8) is 0 Å². The third kappa shape index (κ3) is 3.95. The van der Waals surface area contributed by atoms with Gasteiger partial charge in [0.2, 0.25) is 0 Å². The summed E-state index contributed by atoms with van der Waals surface area (Å²) in [4.78, 5) is 0. The smallest absolute Gasteiger partial charge is 0.296 e. The topological polar surface area (TPSA) is 64.8 Å². The van der Waals surface area contributed by atoms with E-state index in [1.54, 1.807) is 4.57 Å². The lowest BCUT2D eigenvalue weighted by atomic mass is 10.0. The van der Waals surface area contributed by atoms with Gasteiger partial charge in [0.1, 0.15) is 5.82 Å². The molecule has 0 amide bonds. The molecule has 1 aromatic heterocycles. The summed E-state index contributed by atoms with van der Waals surface area (Å²) in [5.74, 6) is 1.43. The summed E-state index contributed by atoms with van der Waals surface area (Å²) in [5.41, 5.74) is 0. The van der Waals surface area contributed by atoms with Crippen molar-refractivity contribution < 1.29 is 8.42 Å². The van der Waals surface area contributed by atoms with Gasteiger partial charge in [0.05, 0.1) is 0 Å². The van der Waals surface area contributed by atoms with E-state index >= 15 is 0 Å². The Labute approximate surface area is 113 Å². The van der Waals surface area contributed by atoms with Gasteiger partial charge in [-0.25, -0.2) is 8.42 Å². The van der Waals surface area contributed by atoms with Gasteiger partial charge in [-0.05, 0) is 11.8 Å². The van der Waals surface area contributed by atoms with Crippen LogP contribution in [-0.4, -0.2) is 23.2 Å². The zero-order valence-electron chi connectivity index (χ0n) is 11.2. The maximum atomic E-state index is 11.4. The van der Waals surface area contributed by atoms with Crippen molar-refractivity contribution in [1.29, 1.82) is 0 Å². The molecule has 0 aliphatic heterocycles. The first-order valence-corrected chi connectivity index (χ1v) is 8.43. The van der Waals surface area contributed by atoms with Crippen molar-refractivity contribution in [3.05, 3.63) is 5.82 Å². The van der Waals surface area contributed by atoms with Gasteiger partial charge in [0, 0.05) is 23.6 Å². The lowest BCUT2D eigenvalue weighted by molar-refractivity contribution is 0.451. The molecule has 104 valence electrons. The molecule has 0 bridgehead atoms. The normalized spacial score (nSPS) is 14.1. The zero-order chi connectivity index (χ0) is 13.9. The zero-order valence-corrected chi connectivity index (χ0v) is 12.8. The van der Waals surface area contributed by atoms with Crippen molar-refractivity contribution in [2.45, 2.75) is 52.2 Å². The summed E-state index contributed by atoms with van der Waals surface area (Å²) >= 11 is 0. The molecule has 1 aromatic rings. The SMILES string of the molecule is CCC(C)Cc1nnc(S(=O)(=O)Cl)n1CC(C)C. The van der Waals surface area contributed by atoms with E-state index in [2.05, 4.69) is 24.0 Å². The number of nitrogens with zero attached hydrogens (tertiary/aromatic N) is 3. The molecule has 0 radical (unpaired) electrons. The van der Waals surface area contributed by atoms with Crippen LogP contribution in [0.25, 0.3) is 0 Å². The third-order valence-electron chi connectivity index (χ3n) is 2.79. The Balaban J connectivity index is 3.15. The second-order valence-electron chi connectivity index (χ2n) is 5.06. The first-order valence-electron chi connectivity index (χ1n) is 6.12. The third-order valence-corrected chi connectivity index (χ3v) is 3.94. The lowest BCUT2D eigenvalue weighted by Crippen LogP contribution is -2.15. The summed E-state index contributed by atoms with van der Waals surface area (Å²) in [6.45, 7) is 8.77. The minimum absolute atomic E-state index is 0.142. The Bertz CT molecular complexity index is 496. The van der Waals surface area contributed by atoms with E-state index in [-0.39, 0.29) is 5.16 Å². The van der Waals surface area contributed by atoms with Crippen LogP contribution in [0.15, 0.2) is 5.16 Å². The quantitative estimate of drug-likeness (QED) is 0.756. The van der Waals surface area contributed by atoms with Gasteiger partial charge in [-0.1, -0.05) is 34.1 Å². The molecule has 0 aromatic carbocycles. The standard InChI is InChI=1S/C11H20ClN3O2S/c1-5-9(4)6-10-13-14-11(18(12,16)17)15(10)7-8(2)3/h8-9H,5-7H2,1-4H3. The lowest BCUT2D eigenvalue weighted by Gasteiger charge is -2.13. The van der Waals surface area contributed by atoms with Crippen molar-refractivity contribution in [3.8, 4) is 0 Å². The molecule has 5 nitrogen and oxygen atoms in total. The number of halogens is 1. The number of aromatic nitrogens is 3. The van der Waals surface area contributed by atoms with Gasteiger partial charge in [-0.2, -0.15) is 0 Å². The van der Waals surface area contributed by atoms with E-state index < -0.39 is 9.05 Å². The first kappa shape index (κ1) is 15.4. The van der Waals surface area contributed by atoms with E-state index in [1.165, 1.54) is 0 Å².